The number of aryl methyl sites for hydroxylation is 7. The van der Waals surface area contributed by atoms with Gasteiger partial charge in [-0.2, -0.15) is 0 Å². The van der Waals surface area contributed by atoms with Crippen LogP contribution in [0, 0.1) is 41.5 Å². The Hall–Kier alpha value is -11.8. The number of H-pyrrole nitrogens is 4. The van der Waals surface area contributed by atoms with Crippen molar-refractivity contribution >= 4 is 92.8 Å². The van der Waals surface area contributed by atoms with E-state index in [4.69, 9.17) is 0 Å². The zero-order valence-corrected chi connectivity index (χ0v) is 58.4. The van der Waals surface area contributed by atoms with Gasteiger partial charge in [0.15, 0.2) is 0 Å². The van der Waals surface area contributed by atoms with Gasteiger partial charge in [0.05, 0.1) is 45.5 Å². The number of hydrogen-bond acceptors (Lipinski definition) is 16. The Labute approximate surface area is 586 Å². The Kier molecular flexibility index (Phi) is 22.9. The van der Waals surface area contributed by atoms with E-state index in [2.05, 4.69) is 61.1 Å². The lowest BCUT2D eigenvalue weighted by molar-refractivity contribution is -0.121. The number of rotatable bonds is 15. The van der Waals surface area contributed by atoms with Crippen LogP contribution >= 0.6 is 0 Å². The van der Waals surface area contributed by atoms with Gasteiger partial charge in [0, 0.05) is 89.0 Å². The summed E-state index contributed by atoms with van der Waals surface area (Å²) in [6.07, 6.45) is 4.49. The molecule has 0 unspecified atom stereocenters. The number of nitrogens with zero attached hydrogens (tertiary/aromatic N) is 8. The fourth-order valence-corrected chi connectivity index (χ4v) is 12.3. The van der Waals surface area contributed by atoms with Crippen LogP contribution in [0.1, 0.15) is 145 Å². The van der Waals surface area contributed by atoms with E-state index in [0.29, 0.717) is 127 Å². The van der Waals surface area contributed by atoms with Crippen molar-refractivity contribution in [1.82, 2.24) is 39.9 Å². The number of amides is 8. The molecule has 8 amide bonds. The van der Waals surface area contributed by atoms with Crippen LogP contribution in [-0.4, -0.2) is 113 Å². The van der Waals surface area contributed by atoms with Crippen molar-refractivity contribution in [3.05, 3.63) is 206 Å². The third kappa shape index (κ3) is 17.6. The number of nitrogens with one attached hydrogen (secondary N) is 8. The van der Waals surface area contributed by atoms with Crippen LogP contribution in [0.25, 0.3) is 0 Å². The summed E-state index contributed by atoms with van der Waals surface area (Å²) < 4.78 is 0. The standard InChI is InChI=1S/C19H20N4O3.C19H22N4O3.2C18H20N4O3/c1-11-13(19(26)22-18(20-11)12-6-7-12)8-9-17(25)23-10-16(24)21-14-4-2-3-5-15(14)23;1-11(2)18-20-12(3)13(19(26)22-18)8-9-17(25)23-10-16(24)21-14-6-4-5-7-15(14)23;1-10-4-6-15-14(8-10)21-16(23)9-22(15)17(24)7-5-13-11(2)19-12(3)20-18(13)25;1-3-15-19-11(2)12(18(25)21-15)8-9-17(24)22-10-16(23)20-13-6-4-5-7-14(13)22/h2-5,12H,6-10H2,1H3,(H,21,24)(H,20,22,26);4-7,11H,8-10H2,1-3H3,(H,21,24)(H,20,22,26);4,6,8H,5,7,9H2,1-3H3,(H,21,23)(H,19,20,25);4-7H,3,8-10H2,1-2H3,(H,20,23)(H,19,21,25). The van der Waals surface area contributed by atoms with Crippen LogP contribution in [0.2, 0.25) is 0 Å². The smallest absolute Gasteiger partial charge is 0.254 e. The number of anilines is 8. The molecule has 8 heterocycles. The molecule has 0 atom stereocenters. The number of para-hydroxylation sites is 6. The van der Waals surface area contributed by atoms with E-state index in [1.165, 1.54) is 19.6 Å². The van der Waals surface area contributed by atoms with Crippen molar-refractivity contribution in [2.24, 2.45) is 0 Å². The summed E-state index contributed by atoms with van der Waals surface area (Å²) in [7, 11) is 0. The monoisotopic (exact) mass is 1390 g/mol. The van der Waals surface area contributed by atoms with Crippen molar-refractivity contribution in [1.29, 1.82) is 0 Å². The third-order valence-electron chi connectivity index (χ3n) is 17.8. The van der Waals surface area contributed by atoms with Crippen molar-refractivity contribution in [3.63, 3.8) is 0 Å². The normalized spacial score (nSPS) is 14.1. The first-order chi connectivity index (χ1) is 48.7. The first kappa shape index (κ1) is 72.9. The highest BCUT2D eigenvalue weighted by atomic mass is 16.2. The second-order valence-corrected chi connectivity index (χ2v) is 25.8. The molecule has 0 saturated heterocycles. The molecule has 4 aliphatic heterocycles. The molecule has 0 spiro atoms. The molecule has 8 N–H and O–H groups in total. The second kappa shape index (κ2) is 32.0. The first-order valence-corrected chi connectivity index (χ1v) is 33.9. The molecule has 13 rings (SSSR count). The van der Waals surface area contributed by atoms with E-state index >= 15 is 0 Å². The quantitative estimate of drug-likeness (QED) is 0.0504. The van der Waals surface area contributed by atoms with Gasteiger partial charge in [-0.25, -0.2) is 19.9 Å². The lowest BCUT2D eigenvalue weighted by atomic mass is 10.1. The molecule has 4 aromatic heterocycles. The Morgan fingerprint density at radius 2 is 0.775 bits per heavy atom. The van der Waals surface area contributed by atoms with E-state index in [1.807, 2.05) is 77.1 Å². The summed E-state index contributed by atoms with van der Waals surface area (Å²) in [5.41, 5.74) is 10.1. The Morgan fingerprint density at radius 1 is 0.422 bits per heavy atom. The SMILES string of the molecule is CCc1nc(C)c(CCC(=O)N2CC(=O)Nc3ccccc32)c(=O)[nH]1.Cc1ccc2c(c1)NC(=O)CN2C(=O)CCc1c(C)nc(C)[nH]c1=O.Cc1nc(C(C)C)[nH]c(=O)c1CCC(=O)N1CC(=O)Nc2ccccc21.Cc1nc(C2CC2)[nH]c(=O)c1CCC(=O)N1CC(=O)Nc2ccccc21. The zero-order chi connectivity index (χ0) is 73.2. The summed E-state index contributed by atoms with van der Waals surface area (Å²) in [5, 5.41) is 11.1. The molecule has 1 fully saturated rings. The number of fused-ring (bicyclic) bond motifs is 4. The van der Waals surface area contributed by atoms with E-state index in [9.17, 15) is 57.5 Å². The molecular formula is C74H82N16O12. The fourth-order valence-electron chi connectivity index (χ4n) is 12.3. The lowest BCUT2D eigenvalue weighted by Crippen LogP contribution is -2.42. The summed E-state index contributed by atoms with van der Waals surface area (Å²) in [6.45, 7) is 16.5. The average molecular weight is 1390 g/mol. The maximum atomic E-state index is 12.7. The van der Waals surface area contributed by atoms with E-state index in [1.54, 1.807) is 76.2 Å². The minimum Gasteiger partial charge on any atom is -0.323 e. The summed E-state index contributed by atoms with van der Waals surface area (Å²) in [4.78, 5) is 181. The van der Waals surface area contributed by atoms with Gasteiger partial charge in [-0.1, -0.05) is 63.2 Å². The van der Waals surface area contributed by atoms with Gasteiger partial charge >= 0.3 is 0 Å². The predicted molar refractivity (Wildman–Crippen MR) is 386 cm³/mol. The highest BCUT2D eigenvalue weighted by Crippen LogP contribution is 2.38. The lowest BCUT2D eigenvalue weighted by Gasteiger charge is -2.29. The van der Waals surface area contributed by atoms with Crippen molar-refractivity contribution in [2.45, 2.75) is 145 Å². The highest BCUT2D eigenvalue weighted by molar-refractivity contribution is 6.13. The van der Waals surface area contributed by atoms with Crippen molar-refractivity contribution < 1.29 is 38.4 Å². The molecule has 0 radical (unpaired) electrons. The number of aromatic nitrogens is 8. The van der Waals surface area contributed by atoms with Gasteiger partial charge in [-0.3, -0.25) is 57.5 Å². The number of carbonyl (C=O) groups is 8. The van der Waals surface area contributed by atoms with Crippen LogP contribution in [-0.2, 0) is 70.5 Å². The van der Waals surface area contributed by atoms with E-state index < -0.39 is 0 Å². The van der Waals surface area contributed by atoms with Crippen LogP contribution in [0.5, 0.6) is 0 Å². The molecule has 1 aliphatic carbocycles. The summed E-state index contributed by atoms with van der Waals surface area (Å²) in [5.74, 6) is 1.42. The molecule has 0 bridgehead atoms. The minimum absolute atomic E-state index is 0.00987. The topological polar surface area (TPSA) is 381 Å². The summed E-state index contributed by atoms with van der Waals surface area (Å²) in [6, 6.07) is 27.1. The zero-order valence-electron chi connectivity index (χ0n) is 58.4. The Morgan fingerprint density at radius 3 is 1.15 bits per heavy atom. The molecule has 5 aliphatic rings. The third-order valence-corrected chi connectivity index (χ3v) is 17.8. The van der Waals surface area contributed by atoms with Crippen molar-refractivity contribution in [3.8, 4) is 0 Å². The molecule has 28 heteroatoms. The van der Waals surface area contributed by atoms with Crippen LogP contribution in [0.3, 0.4) is 0 Å². The molecule has 530 valence electrons. The molecule has 8 aromatic rings. The highest BCUT2D eigenvalue weighted by Gasteiger charge is 2.32. The number of carbonyl (C=O) groups excluding carboxylic acids is 8. The van der Waals surface area contributed by atoms with Crippen LogP contribution in [0.4, 0.5) is 45.5 Å². The second-order valence-electron chi connectivity index (χ2n) is 25.8. The Bertz CT molecular complexity index is 4730. The van der Waals surface area contributed by atoms with E-state index in [-0.39, 0.29) is 147 Å². The molecule has 1 saturated carbocycles. The van der Waals surface area contributed by atoms with Gasteiger partial charge < -0.3 is 60.8 Å². The fraction of sp³-hybridized carbons (Fsp3) is 0.351. The Balaban J connectivity index is 0.000000146. The maximum absolute atomic E-state index is 12.7. The molecular weight excluding hydrogens is 1300 g/mol. The largest absolute Gasteiger partial charge is 0.323 e. The maximum Gasteiger partial charge on any atom is 0.254 e. The van der Waals surface area contributed by atoms with Gasteiger partial charge in [0.25, 0.3) is 22.2 Å². The predicted octanol–water partition coefficient (Wildman–Crippen LogP) is 7.16. The van der Waals surface area contributed by atoms with Gasteiger partial charge in [-0.15, -0.1) is 0 Å². The van der Waals surface area contributed by atoms with E-state index in [0.717, 1.165) is 24.2 Å². The average Bonchev–Trinajstić information content (AvgIpc) is 1.79. The van der Waals surface area contributed by atoms with Gasteiger partial charge in [0.2, 0.25) is 47.3 Å². The van der Waals surface area contributed by atoms with Crippen LogP contribution < -0.4 is 63.1 Å². The number of benzene rings is 4. The molecule has 102 heavy (non-hydrogen) atoms. The van der Waals surface area contributed by atoms with Gasteiger partial charge in [0.1, 0.15) is 49.5 Å². The first-order valence-electron chi connectivity index (χ1n) is 33.9. The minimum atomic E-state index is -0.228. The van der Waals surface area contributed by atoms with Crippen LogP contribution in [0.15, 0.2) is 110 Å². The molecule has 4 aromatic carbocycles. The van der Waals surface area contributed by atoms with Gasteiger partial charge in [-0.05, 0) is 134 Å². The number of hydrogen-bond donors (Lipinski definition) is 8. The summed E-state index contributed by atoms with van der Waals surface area (Å²) >= 11 is 0. The number of aromatic amines is 4. The van der Waals surface area contributed by atoms with Crippen molar-refractivity contribution in [2.75, 3.05) is 67.0 Å². The molecule has 28 nitrogen and oxygen atoms in total.